The molecule has 0 unspecified atom stereocenters. The Morgan fingerprint density at radius 1 is 1.29 bits per heavy atom. The van der Waals surface area contributed by atoms with Gasteiger partial charge in [-0.15, -0.1) is 0 Å². The molecule has 1 aromatic heterocycles. The number of carboxylic acids is 1. The lowest BCUT2D eigenvalue weighted by Gasteiger charge is -2.08. The van der Waals surface area contributed by atoms with Crippen molar-refractivity contribution in [1.82, 2.24) is 10.1 Å². The number of benzene rings is 1. The van der Waals surface area contributed by atoms with Crippen molar-refractivity contribution < 1.29 is 14.4 Å². The molecule has 1 N–H and O–H groups in total. The fourth-order valence-electron chi connectivity index (χ4n) is 2.24. The summed E-state index contributed by atoms with van der Waals surface area (Å²) in [5, 5.41) is 13.4. The van der Waals surface area contributed by atoms with Crippen LogP contribution < -0.4 is 0 Å². The van der Waals surface area contributed by atoms with Gasteiger partial charge in [0.15, 0.2) is 5.82 Å². The molecule has 0 aliphatic rings. The van der Waals surface area contributed by atoms with Gasteiger partial charge in [-0.05, 0) is 37.3 Å². The van der Waals surface area contributed by atoms with Crippen molar-refractivity contribution in [3.05, 3.63) is 34.6 Å². The average Bonchev–Trinajstić information content (AvgIpc) is 2.86. The van der Waals surface area contributed by atoms with Crippen molar-refractivity contribution >= 4 is 5.97 Å². The molecule has 2 aromatic rings. The van der Waals surface area contributed by atoms with Crippen LogP contribution >= 0.6 is 0 Å². The molecule has 1 heterocycles. The highest BCUT2D eigenvalue weighted by molar-refractivity contribution is 5.97. The number of aryl methyl sites for hydroxylation is 3. The van der Waals surface area contributed by atoms with Crippen molar-refractivity contribution in [1.29, 1.82) is 0 Å². The molecule has 21 heavy (non-hydrogen) atoms. The van der Waals surface area contributed by atoms with Crippen LogP contribution in [0.4, 0.5) is 0 Å². The minimum absolute atomic E-state index is 0.231. The van der Waals surface area contributed by atoms with E-state index in [-0.39, 0.29) is 11.5 Å². The zero-order chi connectivity index (χ0) is 15.6. The summed E-state index contributed by atoms with van der Waals surface area (Å²) in [6.45, 7) is 7.88. The summed E-state index contributed by atoms with van der Waals surface area (Å²) in [5.41, 5.74) is 2.25. The Balaban J connectivity index is 2.43. The molecule has 1 aromatic carbocycles. The van der Waals surface area contributed by atoms with Gasteiger partial charge in [0, 0.05) is 6.42 Å². The lowest BCUT2D eigenvalue weighted by molar-refractivity contribution is 0.0696. The first-order valence-electron chi connectivity index (χ1n) is 7.06. The van der Waals surface area contributed by atoms with Gasteiger partial charge in [0.25, 0.3) is 5.89 Å². The molecule has 5 heteroatoms. The summed E-state index contributed by atoms with van der Waals surface area (Å²) in [6.07, 6.45) is 1.70. The van der Waals surface area contributed by atoms with Crippen LogP contribution in [-0.2, 0) is 6.42 Å². The molecule has 0 amide bonds. The van der Waals surface area contributed by atoms with Gasteiger partial charge in [0.2, 0.25) is 0 Å². The first-order chi connectivity index (χ1) is 9.90. The second kappa shape index (κ2) is 6.08. The lowest BCUT2D eigenvalue weighted by atomic mass is 9.97. The molecule has 112 valence electrons. The van der Waals surface area contributed by atoms with E-state index in [2.05, 4.69) is 24.0 Å². The van der Waals surface area contributed by atoms with Crippen LogP contribution in [0.2, 0.25) is 0 Å². The van der Waals surface area contributed by atoms with Gasteiger partial charge in [-0.1, -0.05) is 31.1 Å². The maximum absolute atomic E-state index is 11.5. The second-order valence-electron chi connectivity index (χ2n) is 5.70. The van der Waals surface area contributed by atoms with Crippen LogP contribution in [0.15, 0.2) is 16.7 Å². The summed E-state index contributed by atoms with van der Waals surface area (Å²) < 4.78 is 5.29. The molecule has 0 atom stereocenters. The molecule has 0 bridgehead atoms. The minimum Gasteiger partial charge on any atom is -0.478 e. The molecule has 0 aliphatic carbocycles. The van der Waals surface area contributed by atoms with E-state index >= 15 is 0 Å². The summed E-state index contributed by atoms with van der Waals surface area (Å²) in [6, 6.07) is 3.66. The van der Waals surface area contributed by atoms with E-state index in [4.69, 9.17) is 4.52 Å². The quantitative estimate of drug-likeness (QED) is 0.909. The number of aromatic nitrogens is 2. The van der Waals surface area contributed by atoms with Crippen LogP contribution in [-0.4, -0.2) is 21.2 Å². The zero-order valence-corrected chi connectivity index (χ0v) is 12.8. The van der Waals surface area contributed by atoms with Gasteiger partial charge in [0.1, 0.15) is 0 Å². The van der Waals surface area contributed by atoms with Crippen LogP contribution in [0.5, 0.6) is 0 Å². The van der Waals surface area contributed by atoms with E-state index in [0.29, 0.717) is 22.9 Å². The Hall–Kier alpha value is -2.17. The summed E-state index contributed by atoms with van der Waals surface area (Å²) in [7, 11) is 0. The lowest BCUT2D eigenvalue weighted by Crippen LogP contribution is -2.04. The van der Waals surface area contributed by atoms with E-state index in [9.17, 15) is 9.90 Å². The molecule has 0 fully saturated rings. The van der Waals surface area contributed by atoms with Crippen molar-refractivity contribution in [3.8, 4) is 11.5 Å². The zero-order valence-electron chi connectivity index (χ0n) is 12.8. The molecule has 0 radical (unpaired) electrons. The number of aromatic carboxylic acids is 1. The monoisotopic (exact) mass is 288 g/mol. The average molecular weight is 288 g/mol. The molecule has 2 rings (SSSR count). The highest BCUT2D eigenvalue weighted by Crippen LogP contribution is 2.29. The summed E-state index contributed by atoms with van der Waals surface area (Å²) in [4.78, 5) is 15.9. The van der Waals surface area contributed by atoms with Crippen molar-refractivity contribution in [2.24, 2.45) is 5.92 Å². The highest BCUT2D eigenvalue weighted by atomic mass is 16.5. The minimum atomic E-state index is -0.979. The number of rotatable bonds is 5. The van der Waals surface area contributed by atoms with E-state index in [1.165, 1.54) is 0 Å². The van der Waals surface area contributed by atoms with E-state index in [0.717, 1.165) is 18.4 Å². The van der Waals surface area contributed by atoms with E-state index < -0.39 is 5.97 Å². The van der Waals surface area contributed by atoms with E-state index in [1.807, 2.05) is 13.0 Å². The summed E-state index contributed by atoms with van der Waals surface area (Å²) >= 11 is 0. The van der Waals surface area contributed by atoms with Crippen molar-refractivity contribution in [3.63, 3.8) is 0 Å². The van der Waals surface area contributed by atoms with Gasteiger partial charge >= 0.3 is 5.97 Å². The Labute approximate surface area is 124 Å². The molecule has 0 aliphatic heterocycles. The molecule has 0 saturated carbocycles. The topological polar surface area (TPSA) is 76.2 Å². The fourth-order valence-corrected chi connectivity index (χ4v) is 2.24. The van der Waals surface area contributed by atoms with Crippen LogP contribution in [0.3, 0.4) is 0 Å². The molecular formula is C16H20N2O3. The molecular weight excluding hydrogens is 268 g/mol. The number of hydrogen-bond acceptors (Lipinski definition) is 4. The Bertz CT molecular complexity index is 660. The Morgan fingerprint density at radius 3 is 2.57 bits per heavy atom. The predicted octanol–water partition coefficient (Wildman–Crippen LogP) is 3.64. The largest absolute Gasteiger partial charge is 0.478 e. The smallest absolute Gasteiger partial charge is 0.336 e. The third kappa shape index (κ3) is 3.29. The fraction of sp³-hybridized carbons (Fsp3) is 0.438. The Morgan fingerprint density at radius 2 is 1.95 bits per heavy atom. The maximum Gasteiger partial charge on any atom is 0.336 e. The normalized spacial score (nSPS) is 11.1. The number of carboxylic acid groups (broad SMARTS) is 1. The maximum atomic E-state index is 11.5. The number of nitrogens with zero attached hydrogens (tertiary/aromatic N) is 2. The second-order valence-corrected chi connectivity index (χ2v) is 5.70. The van der Waals surface area contributed by atoms with Gasteiger partial charge in [-0.3, -0.25) is 0 Å². The first-order valence-corrected chi connectivity index (χ1v) is 7.06. The standard InChI is InChI=1S/C16H20N2O3/c1-9(2)5-8-12-17-15(21-18-12)13-10(3)6-7-11(4)14(13)16(19)20/h6-7,9H,5,8H2,1-4H3,(H,19,20). The number of carbonyl (C=O) groups is 1. The van der Waals surface area contributed by atoms with Gasteiger partial charge in [-0.2, -0.15) is 4.98 Å². The van der Waals surface area contributed by atoms with Crippen molar-refractivity contribution in [2.45, 2.75) is 40.5 Å². The molecule has 5 nitrogen and oxygen atoms in total. The molecule has 0 spiro atoms. The van der Waals surface area contributed by atoms with Gasteiger partial charge in [-0.25, -0.2) is 4.79 Å². The molecule has 0 saturated heterocycles. The highest BCUT2D eigenvalue weighted by Gasteiger charge is 2.21. The first kappa shape index (κ1) is 15.2. The third-order valence-corrected chi connectivity index (χ3v) is 3.46. The van der Waals surface area contributed by atoms with Crippen LogP contribution in [0.25, 0.3) is 11.5 Å². The van der Waals surface area contributed by atoms with Crippen LogP contribution in [0.1, 0.15) is 47.6 Å². The van der Waals surface area contributed by atoms with Gasteiger partial charge in [0.05, 0.1) is 11.1 Å². The summed E-state index contributed by atoms with van der Waals surface area (Å²) in [5.74, 6) is 0.485. The number of hydrogen-bond donors (Lipinski definition) is 1. The van der Waals surface area contributed by atoms with Crippen molar-refractivity contribution in [2.75, 3.05) is 0 Å². The van der Waals surface area contributed by atoms with Crippen LogP contribution in [0, 0.1) is 19.8 Å². The SMILES string of the molecule is Cc1ccc(C)c(-c2nc(CCC(C)C)no2)c1C(=O)O. The third-order valence-electron chi connectivity index (χ3n) is 3.46. The Kier molecular flexibility index (Phi) is 4.40. The predicted molar refractivity (Wildman–Crippen MR) is 79.3 cm³/mol. The van der Waals surface area contributed by atoms with E-state index in [1.54, 1.807) is 13.0 Å². The van der Waals surface area contributed by atoms with Gasteiger partial charge < -0.3 is 9.63 Å².